The van der Waals surface area contributed by atoms with Crippen molar-refractivity contribution in [2.45, 2.75) is 33.3 Å². The normalized spacial score (nSPS) is 15.6. The van der Waals surface area contributed by atoms with E-state index in [1.807, 2.05) is 45.0 Å². The molecule has 0 aliphatic carbocycles. The quantitative estimate of drug-likeness (QED) is 0.788. The highest BCUT2D eigenvalue weighted by Gasteiger charge is 2.26. The Morgan fingerprint density at radius 1 is 1.09 bits per heavy atom. The summed E-state index contributed by atoms with van der Waals surface area (Å²) in [6.45, 7) is 9.90. The summed E-state index contributed by atoms with van der Waals surface area (Å²) in [6, 6.07) is 7.62. The predicted octanol–water partition coefficient (Wildman–Crippen LogP) is 2.95. The Kier molecular flexibility index (Phi) is 4.74. The second kappa shape index (κ2) is 6.38. The molecule has 0 aromatic heterocycles. The van der Waals surface area contributed by atoms with Crippen molar-refractivity contribution in [1.29, 1.82) is 0 Å². The molecular weight excluding hydrogens is 280 g/mol. The van der Waals surface area contributed by atoms with Crippen LogP contribution in [0, 0.1) is 0 Å². The zero-order chi connectivity index (χ0) is 16.3. The number of benzene rings is 1. The van der Waals surface area contributed by atoms with Gasteiger partial charge in [-0.1, -0.05) is 12.1 Å². The summed E-state index contributed by atoms with van der Waals surface area (Å²) < 4.78 is 5.39. The Balaban J connectivity index is 1.96. The van der Waals surface area contributed by atoms with Gasteiger partial charge in [-0.15, -0.1) is 0 Å². The number of amides is 1. The van der Waals surface area contributed by atoms with Crippen molar-refractivity contribution in [1.82, 2.24) is 4.90 Å². The smallest absolute Gasteiger partial charge is 0.410 e. The number of Topliss-reactive ketones (excluding diaryl/α,β-unsaturated/α-hetero) is 1. The molecule has 0 bridgehead atoms. The number of hydrogen-bond acceptors (Lipinski definition) is 4. The summed E-state index contributed by atoms with van der Waals surface area (Å²) in [5, 5.41) is 0. The molecule has 0 saturated carbocycles. The third-order valence-corrected chi connectivity index (χ3v) is 3.55. The maximum absolute atomic E-state index is 12.0. The zero-order valence-corrected chi connectivity index (χ0v) is 13.8. The molecule has 1 aromatic carbocycles. The van der Waals surface area contributed by atoms with Crippen LogP contribution in [-0.4, -0.2) is 48.6 Å². The van der Waals surface area contributed by atoms with E-state index in [-0.39, 0.29) is 11.9 Å². The lowest BCUT2D eigenvalue weighted by atomic mass is 10.1. The molecule has 5 heteroatoms. The van der Waals surface area contributed by atoms with E-state index in [2.05, 4.69) is 4.90 Å². The first-order chi connectivity index (χ1) is 10.3. The molecule has 22 heavy (non-hydrogen) atoms. The fourth-order valence-electron chi connectivity index (χ4n) is 2.40. The number of hydrogen-bond donors (Lipinski definition) is 0. The number of rotatable bonds is 2. The van der Waals surface area contributed by atoms with E-state index in [0.717, 1.165) is 18.8 Å². The van der Waals surface area contributed by atoms with E-state index in [9.17, 15) is 9.59 Å². The van der Waals surface area contributed by atoms with E-state index < -0.39 is 5.60 Å². The van der Waals surface area contributed by atoms with E-state index in [4.69, 9.17) is 4.74 Å². The monoisotopic (exact) mass is 304 g/mol. The Morgan fingerprint density at radius 2 is 1.73 bits per heavy atom. The lowest BCUT2D eigenvalue weighted by Gasteiger charge is -2.36. The minimum atomic E-state index is -0.468. The number of nitrogens with zero attached hydrogens (tertiary/aromatic N) is 2. The number of ketones is 1. The van der Waals surface area contributed by atoms with Gasteiger partial charge in [0.1, 0.15) is 5.60 Å². The summed E-state index contributed by atoms with van der Waals surface area (Å²) in [6.07, 6.45) is -0.260. The number of carbonyl (C=O) groups is 2. The molecular formula is C17H24N2O3. The van der Waals surface area contributed by atoms with Crippen molar-refractivity contribution in [3.05, 3.63) is 29.8 Å². The van der Waals surface area contributed by atoms with Crippen LogP contribution in [0.1, 0.15) is 38.1 Å². The van der Waals surface area contributed by atoms with Crippen molar-refractivity contribution in [2.75, 3.05) is 31.1 Å². The molecule has 1 aliphatic rings. The number of piperazine rings is 1. The minimum Gasteiger partial charge on any atom is -0.444 e. The van der Waals surface area contributed by atoms with Crippen LogP contribution in [0.15, 0.2) is 24.3 Å². The van der Waals surface area contributed by atoms with E-state index in [1.165, 1.54) is 0 Å². The van der Waals surface area contributed by atoms with Gasteiger partial charge in [0.05, 0.1) is 0 Å². The molecule has 1 fully saturated rings. The van der Waals surface area contributed by atoms with Crippen molar-refractivity contribution < 1.29 is 14.3 Å². The third kappa shape index (κ3) is 4.23. The van der Waals surface area contributed by atoms with Gasteiger partial charge in [0.25, 0.3) is 0 Å². The average molecular weight is 304 g/mol. The maximum Gasteiger partial charge on any atom is 0.410 e. The summed E-state index contributed by atoms with van der Waals surface area (Å²) in [5.74, 6) is 0.0641. The number of ether oxygens (including phenoxy) is 1. The molecule has 0 radical (unpaired) electrons. The zero-order valence-electron chi connectivity index (χ0n) is 13.8. The van der Waals surface area contributed by atoms with Gasteiger partial charge in [0.2, 0.25) is 0 Å². The van der Waals surface area contributed by atoms with Gasteiger partial charge in [0.15, 0.2) is 5.78 Å². The molecule has 1 aromatic rings. The third-order valence-electron chi connectivity index (χ3n) is 3.55. The Morgan fingerprint density at radius 3 is 2.27 bits per heavy atom. The topological polar surface area (TPSA) is 49.9 Å². The molecule has 1 amide bonds. The molecule has 0 N–H and O–H groups in total. The highest BCUT2D eigenvalue weighted by molar-refractivity contribution is 5.95. The van der Waals surface area contributed by atoms with Crippen molar-refractivity contribution in [3.63, 3.8) is 0 Å². The molecule has 1 saturated heterocycles. The van der Waals surface area contributed by atoms with Crippen LogP contribution >= 0.6 is 0 Å². The van der Waals surface area contributed by atoms with Gasteiger partial charge in [-0.2, -0.15) is 0 Å². The summed E-state index contributed by atoms with van der Waals surface area (Å²) >= 11 is 0. The van der Waals surface area contributed by atoms with Gasteiger partial charge in [-0.05, 0) is 39.8 Å². The Labute approximate surface area is 131 Å². The van der Waals surface area contributed by atoms with E-state index >= 15 is 0 Å². The summed E-state index contributed by atoms with van der Waals surface area (Å²) in [4.78, 5) is 27.4. The molecule has 1 aliphatic heterocycles. The first-order valence-electron chi connectivity index (χ1n) is 7.60. The molecule has 120 valence electrons. The van der Waals surface area contributed by atoms with Gasteiger partial charge >= 0.3 is 6.09 Å². The van der Waals surface area contributed by atoms with Crippen molar-refractivity contribution in [3.8, 4) is 0 Å². The number of carbonyl (C=O) groups excluding carboxylic acids is 2. The minimum absolute atomic E-state index is 0.0641. The summed E-state index contributed by atoms with van der Waals surface area (Å²) in [7, 11) is 0. The van der Waals surface area contributed by atoms with Crippen LogP contribution < -0.4 is 4.90 Å². The fraction of sp³-hybridized carbons (Fsp3) is 0.529. The van der Waals surface area contributed by atoms with Crippen LogP contribution in [0.3, 0.4) is 0 Å². The average Bonchev–Trinajstić information content (AvgIpc) is 2.46. The van der Waals surface area contributed by atoms with Gasteiger partial charge in [0, 0.05) is 37.4 Å². The van der Waals surface area contributed by atoms with Gasteiger partial charge < -0.3 is 14.5 Å². The highest BCUT2D eigenvalue weighted by atomic mass is 16.6. The lowest BCUT2D eigenvalue weighted by Crippen LogP contribution is -2.50. The second-order valence-corrected chi connectivity index (χ2v) is 6.56. The Hall–Kier alpha value is -2.04. The standard InChI is InChI=1S/C17H24N2O3/c1-13(20)14-6-5-7-15(12-14)18-8-10-19(11-9-18)16(21)22-17(2,3)4/h5-7,12H,8-11H2,1-4H3. The van der Waals surface area contributed by atoms with Gasteiger partial charge in [-0.25, -0.2) is 4.79 Å². The highest BCUT2D eigenvalue weighted by Crippen LogP contribution is 2.19. The van der Waals surface area contributed by atoms with Gasteiger partial charge in [-0.3, -0.25) is 4.79 Å². The van der Waals surface area contributed by atoms with Crippen LogP contribution in [-0.2, 0) is 4.74 Å². The van der Waals surface area contributed by atoms with Crippen LogP contribution in [0.25, 0.3) is 0 Å². The SMILES string of the molecule is CC(=O)c1cccc(N2CCN(C(=O)OC(C)(C)C)CC2)c1. The predicted molar refractivity (Wildman–Crippen MR) is 86.5 cm³/mol. The Bertz CT molecular complexity index is 555. The first kappa shape index (κ1) is 16.3. The van der Waals surface area contributed by atoms with E-state index in [0.29, 0.717) is 18.7 Å². The van der Waals surface area contributed by atoms with E-state index in [1.54, 1.807) is 11.8 Å². The first-order valence-corrected chi connectivity index (χ1v) is 7.60. The molecule has 5 nitrogen and oxygen atoms in total. The molecule has 0 spiro atoms. The number of anilines is 1. The van der Waals surface area contributed by atoms with Crippen molar-refractivity contribution >= 4 is 17.6 Å². The van der Waals surface area contributed by atoms with Crippen LogP contribution in [0.2, 0.25) is 0 Å². The molecule has 1 heterocycles. The largest absolute Gasteiger partial charge is 0.444 e. The molecule has 0 unspecified atom stereocenters. The second-order valence-electron chi connectivity index (χ2n) is 6.56. The van der Waals surface area contributed by atoms with Crippen LogP contribution in [0.5, 0.6) is 0 Å². The lowest BCUT2D eigenvalue weighted by molar-refractivity contribution is 0.0240. The summed E-state index contributed by atoms with van der Waals surface area (Å²) in [5.41, 5.74) is 1.27. The fourth-order valence-corrected chi connectivity index (χ4v) is 2.40. The molecule has 0 atom stereocenters. The van der Waals surface area contributed by atoms with Crippen LogP contribution in [0.4, 0.5) is 10.5 Å². The van der Waals surface area contributed by atoms with Crippen molar-refractivity contribution in [2.24, 2.45) is 0 Å². The molecule has 2 rings (SSSR count). The maximum atomic E-state index is 12.0.